The summed E-state index contributed by atoms with van der Waals surface area (Å²) in [6, 6.07) is 0.284. The van der Waals surface area contributed by atoms with E-state index < -0.39 is 0 Å². The fourth-order valence-electron chi connectivity index (χ4n) is 1.62. The fraction of sp³-hybridized carbons (Fsp3) is 0.700. The van der Waals surface area contributed by atoms with Crippen LogP contribution >= 0.6 is 0 Å². The molecule has 3 nitrogen and oxygen atoms in total. The van der Waals surface area contributed by atoms with E-state index in [0.717, 1.165) is 18.6 Å². The minimum Gasteiger partial charge on any atom is -0.429 e. The summed E-state index contributed by atoms with van der Waals surface area (Å²) in [5, 5.41) is 0. The first kappa shape index (κ1) is 10.1. The predicted octanol–water partition coefficient (Wildman–Crippen LogP) is 2.94. The normalized spacial score (nSPS) is 11.0. The number of nitrogens with zero attached hydrogens (tertiary/aromatic N) is 1. The first-order valence-electron chi connectivity index (χ1n) is 4.99. The molecule has 0 unspecified atom stereocenters. The maximum atomic E-state index is 5.43. The molecule has 0 spiro atoms. The molecule has 0 saturated heterocycles. The molecule has 0 aromatic carbocycles. The highest BCUT2D eigenvalue weighted by Gasteiger charge is 2.13. The molecule has 0 radical (unpaired) electrons. The molecule has 1 aromatic heterocycles. The average Bonchev–Trinajstić information content (AvgIpc) is 2.51. The van der Waals surface area contributed by atoms with Crippen molar-refractivity contribution in [1.29, 1.82) is 0 Å². The van der Waals surface area contributed by atoms with Gasteiger partial charge in [0.05, 0.1) is 6.20 Å². The van der Waals surface area contributed by atoms with Crippen molar-refractivity contribution < 1.29 is 4.42 Å². The zero-order valence-electron chi connectivity index (χ0n) is 8.42. The molecule has 2 N–H and O–H groups in total. The van der Waals surface area contributed by atoms with Crippen LogP contribution < -0.4 is 5.73 Å². The van der Waals surface area contributed by atoms with E-state index in [1.165, 1.54) is 12.8 Å². The zero-order chi connectivity index (χ0) is 9.68. The molecule has 0 bridgehead atoms. The van der Waals surface area contributed by atoms with E-state index in [2.05, 4.69) is 18.8 Å². The van der Waals surface area contributed by atoms with Gasteiger partial charge in [-0.3, -0.25) is 0 Å². The molecule has 0 aliphatic rings. The van der Waals surface area contributed by atoms with E-state index in [-0.39, 0.29) is 6.01 Å². The van der Waals surface area contributed by atoms with Crippen molar-refractivity contribution in [2.75, 3.05) is 5.73 Å². The average molecular weight is 182 g/mol. The highest BCUT2D eigenvalue weighted by Crippen LogP contribution is 2.27. The van der Waals surface area contributed by atoms with E-state index in [4.69, 9.17) is 10.2 Å². The second kappa shape index (κ2) is 4.90. The minimum atomic E-state index is 0.284. The Labute approximate surface area is 79.3 Å². The van der Waals surface area contributed by atoms with Crippen molar-refractivity contribution in [2.24, 2.45) is 0 Å². The van der Waals surface area contributed by atoms with Gasteiger partial charge in [-0.05, 0) is 12.8 Å². The molecule has 3 heteroatoms. The van der Waals surface area contributed by atoms with Gasteiger partial charge in [-0.1, -0.05) is 26.7 Å². The molecule has 0 aliphatic heterocycles. The number of hydrogen-bond acceptors (Lipinski definition) is 3. The van der Waals surface area contributed by atoms with Crippen molar-refractivity contribution in [1.82, 2.24) is 4.98 Å². The van der Waals surface area contributed by atoms with Gasteiger partial charge in [-0.2, -0.15) is 0 Å². The van der Waals surface area contributed by atoms with Crippen LogP contribution in [0, 0.1) is 0 Å². The van der Waals surface area contributed by atoms with E-state index in [1.54, 1.807) is 6.20 Å². The van der Waals surface area contributed by atoms with Gasteiger partial charge in [0.25, 0.3) is 6.01 Å². The third kappa shape index (κ3) is 2.76. The lowest BCUT2D eigenvalue weighted by Gasteiger charge is -2.10. The maximum absolute atomic E-state index is 5.43. The van der Waals surface area contributed by atoms with Crippen LogP contribution in [0.25, 0.3) is 0 Å². The van der Waals surface area contributed by atoms with E-state index in [9.17, 15) is 0 Å². The van der Waals surface area contributed by atoms with Crippen LogP contribution in [0.4, 0.5) is 6.01 Å². The maximum Gasteiger partial charge on any atom is 0.292 e. The van der Waals surface area contributed by atoms with Gasteiger partial charge in [0, 0.05) is 5.92 Å². The topological polar surface area (TPSA) is 52.0 Å². The van der Waals surface area contributed by atoms with Crippen LogP contribution in [-0.4, -0.2) is 4.98 Å². The number of oxazole rings is 1. The molecular formula is C10H18N2O. The number of nitrogen functional groups attached to an aromatic ring is 1. The van der Waals surface area contributed by atoms with Crippen LogP contribution in [-0.2, 0) is 0 Å². The van der Waals surface area contributed by atoms with Crippen LogP contribution in [0.3, 0.4) is 0 Å². The molecule has 0 fully saturated rings. The second-order valence-electron chi connectivity index (χ2n) is 3.38. The Hall–Kier alpha value is -0.990. The third-order valence-electron chi connectivity index (χ3n) is 2.22. The van der Waals surface area contributed by atoms with Crippen LogP contribution in [0.15, 0.2) is 10.6 Å². The summed E-state index contributed by atoms with van der Waals surface area (Å²) < 4.78 is 5.32. The molecule has 0 atom stereocenters. The van der Waals surface area contributed by atoms with Gasteiger partial charge in [0.1, 0.15) is 5.76 Å². The summed E-state index contributed by atoms with van der Waals surface area (Å²) >= 11 is 0. The summed E-state index contributed by atoms with van der Waals surface area (Å²) in [6.45, 7) is 4.37. The molecule has 0 saturated carbocycles. The van der Waals surface area contributed by atoms with E-state index in [1.807, 2.05) is 0 Å². The Kier molecular flexibility index (Phi) is 3.80. The van der Waals surface area contributed by atoms with Gasteiger partial charge < -0.3 is 10.2 Å². The van der Waals surface area contributed by atoms with Gasteiger partial charge in [0.15, 0.2) is 0 Å². The van der Waals surface area contributed by atoms with Crippen molar-refractivity contribution >= 4 is 6.01 Å². The van der Waals surface area contributed by atoms with Gasteiger partial charge in [-0.15, -0.1) is 0 Å². The lowest BCUT2D eigenvalue weighted by Crippen LogP contribution is -1.96. The number of rotatable bonds is 5. The standard InChI is InChI=1S/C10H18N2O/c1-3-5-8(6-4-2)9-7-12-10(11)13-9/h7-8H,3-6H2,1-2H3,(H2,11,12). The third-order valence-corrected chi connectivity index (χ3v) is 2.22. The minimum absolute atomic E-state index is 0.284. The van der Waals surface area contributed by atoms with Gasteiger partial charge in [0.2, 0.25) is 0 Å². The molecule has 13 heavy (non-hydrogen) atoms. The number of hydrogen-bond donors (Lipinski definition) is 1. The molecule has 0 amide bonds. The highest BCUT2D eigenvalue weighted by molar-refractivity contribution is 5.13. The summed E-state index contributed by atoms with van der Waals surface area (Å²) in [5.41, 5.74) is 5.43. The van der Waals surface area contributed by atoms with Crippen molar-refractivity contribution in [2.45, 2.75) is 45.4 Å². The monoisotopic (exact) mass is 182 g/mol. The first-order chi connectivity index (χ1) is 6.27. The highest BCUT2D eigenvalue weighted by atomic mass is 16.4. The van der Waals surface area contributed by atoms with Crippen LogP contribution in [0.2, 0.25) is 0 Å². The summed E-state index contributed by atoms with van der Waals surface area (Å²) in [6.07, 6.45) is 6.41. The number of anilines is 1. The first-order valence-corrected chi connectivity index (χ1v) is 4.99. The van der Waals surface area contributed by atoms with Crippen LogP contribution in [0.5, 0.6) is 0 Å². The van der Waals surface area contributed by atoms with Crippen molar-refractivity contribution in [3.63, 3.8) is 0 Å². The van der Waals surface area contributed by atoms with E-state index in [0.29, 0.717) is 5.92 Å². The largest absolute Gasteiger partial charge is 0.429 e. The van der Waals surface area contributed by atoms with Gasteiger partial charge >= 0.3 is 0 Å². The molecule has 74 valence electrons. The van der Waals surface area contributed by atoms with Crippen molar-refractivity contribution in [3.05, 3.63) is 12.0 Å². The molecule has 1 heterocycles. The Morgan fingerprint density at radius 3 is 2.38 bits per heavy atom. The Bertz CT molecular complexity index is 239. The molecular weight excluding hydrogens is 164 g/mol. The Morgan fingerprint density at radius 1 is 1.38 bits per heavy atom. The number of aromatic nitrogens is 1. The van der Waals surface area contributed by atoms with Crippen molar-refractivity contribution in [3.8, 4) is 0 Å². The lowest BCUT2D eigenvalue weighted by molar-refractivity contribution is 0.433. The van der Waals surface area contributed by atoms with Gasteiger partial charge in [-0.25, -0.2) is 4.98 Å². The lowest BCUT2D eigenvalue weighted by atomic mass is 9.96. The quantitative estimate of drug-likeness (QED) is 0.761. The zero-order valence-corrected chi connectivity index (χ0v) is 8.42. The second-order valence-corrected chi connectivity index (χ2v) is 3.38. The van der Waals surface area contributed by atoms with Crippen LogP contribution in [0.1, 0.15) is 51.2 Å². The van der Waals surface area contributed by atoms with E-state index >= 15 is 0 Å². The molecule has 1 rings (SSSR count). The Balaban J connectivity index is 2.63. The molecule has 1 aromatic rings. The smallest absolute Gasteiger partial charge is 0.292 e. The summed E-state index contributed by atoms with van der Waals surface area (Å²) in [4.78, 5) is 3.91. The fourth-order valence-corrected chi connectivity index (χ4v) is 1.62. The predicted molar refractivity (Wildman–Crippen MR) is 53.5 cm³/mol. The Morgan fingerprint density at radius 2 is 2.00 bits per heavy atom. The number of nitrogens with two attached hydrogens (primary N) is 1. The SMILES string of the molecule is CCCC(CCC)c1cnc(N)o1. The summed E-state index contributed by atoms with van der Waals surface area (Å²) in [7, 11) is 0. The molecule has 0 aliphatic carbocycles. The summed E-state index contributed by atoms with van der Waals surface area (Å²) in [5.74, 6) is 1.45.